The third-order valence-electron chi connectivity index (χ3n) is 4.54. The number of nitrogen functional groups attached to an aromatic ring is 1. The lowest BCUT2D eigenvalue weighted by molar-refractivity contribution is 0.340. The van der Waals surface area contributed by atoms with Crippen molar-refractivity contribution in [3.8, 4) is 28.6 Å². The average molecular weight is 404 g/mol. The molecule has 0 fully saturated rings. The number of methoxy groups -OCH3 is 1. The van der Waals surface area contributed by atoms with Gasteiger partial charge in [0.05, 0.1) is 19.4 Å². The van der Waals surface area contributed by atoms with E-state index in [1.807, 2.05) is 37.3 Å². The smallest absolute Gasteiger partial charge is 0.332 e. The number of aromatic nitrogens is 4. The van der Waals surface area contributed by atoms with Crippen LogP contribution in [0.3, 0.4) is 0 Å². The van der Waals surface area contributed by atoms with E-state index in [2.05, 4.69) is 15.0 Å². The Morgan fingerprint density at radius 3 is 2.57 bits per heavy atom. The first-order valence-electron chi connectivity index (χ1n) is 9.27. The van der Waals surface area contributed by atoms with Gasteiger partial charge in [-0.25, -0.2) is 19.3 Å². The number of para-hydroxylation sites is 2. The van der Waals surface area contributed by atoms with Gasteiger partial charge in [-0.15, -0.1) is 0 Å². The topological polar surface area (TPSA) is 132 Å². The molecule has 9 heteroatoms. The second kappa shape index (κ2) is 7.70. The summed E-state index contributed by atoms with van der Waals surface area (Å²) in [6.45, 7) is 2.47. The van der Waals surface area contributed by atoms with Crippen LogP contribution in [0.2, 0.25) is 0 Å². The lowest BCUT2D eigenvalue weighted by Gasteiger charge is -2.10. The van der Waals surface area contributed by atoms with Crippen LogP contribution in [0.5, 0.6) is 11.5 Å². The van der Waals surface area contributed by atoms with E-state index < -0.39 is 5.69 Å². The lowest BCUT2D eigenvalue weighted by Crippen LogP contribution is -2.16. The molecular weight excluding hydrogens is 384 g/mol. The van der Waals surface area contributed by atoms with Crippen molar-refractivity contribution >= 4 is 17.0 Å². The molecule has 0 aliphatic heterocycles. The minimum Gasteiger partial charge on any atom is -0.495 e. The van der Waals surface area contributed by atoms with Crippen molar-refractivity contribution in [1.82, 2.24) is 19.5 Å². The highest BCUT2D eigenvalue weighted by atomic mass is 16.5. The average Bonchev–Trinajstić information content (AvgIpc) is 3.09. The van der Waals surface area contributed by atoms with E-state index in [9.17, 15) is 4.79 Å². The molecule has 0 saturated carbocycles. The van der Waals surface area contributed by atoms with Crippen molar-refractivity contribution in [2.45, 2.75) is 6.92 Å². The number of nitrogens with two attached hydrogens (primary N) is 1. The van der Waals surface area contributed by atoms with E-state index in [4.69, 9.17) is 20.6 Å². The van der Waals surface area contributed by atoms with Gasteiger partial charge in [0.1, 0.15) is 28.5 Å². The van der Waals surface area contributed by atoms with E-state index in [0.29, 0.717) is 35.1 Å². The van der Waals surface area contributed by atoms with Crippen molar-refractivity contribution in [3.63, 3.8) is 0 Å². The van der Waals surface area contributed by atoms with Gasteiger partial charge in [0.2, 0.25) is 0 Å². The minimum absolute atomic E-state index is 0.148. The van der Waals surface area contributed by atoms with Crippen molar-refractivity contribution in [2.24, 2.45) is 5.73 Å². The molecule has 9 nitrogen and oxygen atoms in total. The number of benzene rings is 2. The van der Waals surface area contributed by atoms with E-state index in [0.717, 1.165) is 5.75 Å². The van der Waals surface area contributed by atoms with E-state index in [-0.39, 0.29) is 17.0 Å². The van der Waals surface area contributed by atoms with Gasteiger partial charge in [0.25, 0.3) is 0 Å². The Hall–Kier alpha value is -4.14. The maximum absolute atomic E-state index is 12.8. The molecule has 2 aromatic heterocycles. The van der Waals surface area contributed by atoms with Crippen LogP contribution in [0.15, 0.2) is 53.3 Å². The summed E-state index contributed by atoms with van der Waals surface area (Å²) >= 11 is 0. The number of rotatable bonds is 6. The highest BCUT2D eigenvalue weighted by molar-refractivity contribution is 6.03. The molecule has 4 aromatic rings. The number of nitrogens with one attached hydrogen (secondary N) is 2. The lowest BCUT2D eigenvalue weighted by atomic mass is 10.2. The molecule has 152 valence electrons. The first-order chi connectivity index (χ1) is 14.5. The highest BCUT2D eigenvalue weighted by Crippen LogP contribution is 2.27. The normalized spacial score (nSPS) is 10.9. The van der Waals surface area contributed by atoms with Gasteiger partial charge in [-0.2, -0.15) is 0 Å². The van der Waals surface area contributed by atoms with Crippen LogP contribution in [0.1, 0.15) is 12.6 Å². The Bertz CT molecular complexity index is 1290. The predicted octanol–water partition coefficient (Wildman–Crippen LogP) is 2.47. The fourth-order valence-electron chi connectivity index (χ4n) is 3.21. The van der Waals surface area contributed by atoms with Gasteiger partial charge in [-0.1, -0.05) is 12.1 Å². The maximum Gasteiger partial charge on any atom is 0.332 e. The molecule has 0 atom stereocenters. The van der Waals surface area contributed by atoms with Crippen molar-refractivity contribution < 1.29 is 9.47 Å². The molecule has 2 heterocycles. The number of nitrogens with zero attached hydrogens (tertiary/aromatic N) is 3. The summed E-state index contributed by atoms with van der Waals surface area (Å²) in [5.41, 5.74) is 7.27. The molecule has 0 aliphatic rings. The van der Waals surface area contributed by atoms with Crippen LogP contribution < -0.4 is 20.9 Å². The zero-order valence-electron chi connectivity index (χ0n) is 16.5. The summed E-state index contributed by atoms with van der Waals surface area (Å²) in [4.78, 5) is 24.5. The van der Waals surface area contributed by atoms with Gasteiger partial charge in [-0.05, 0) is 43.3 Å². The van der Waals surface area contributed by atoms with Crippen molar-refractivity contribution in [1.29, 1.82) is 5.41 Å². The quantitative estimate of drug-likeness (QED) is 0.334. The molecule has 4 N–H and O–H groups in total. The number of ether oxygens (including phenoxy) is 2. The monoisotopic (exact) mass is 404 g/mol. The third kappa shape index (κ3) is 3.26. The molecular formula is C21H20N6O3. The number of imidazole rings is 1. The fraction of sp³-hybridized carbons (Fsp3) is 0.143. The molecule has 0 amide bonds. The van der Waals surface area contributed by atoms with E-state index in [1.165, 1.54) is 11.7 Å². The van der Waals surface area contributed by atoms with Gasteiger partial charge in [0.15, 0.2) is 11.5 Å². The number of aromatic amines is 1. The SMILES string of the molecule is CCOc1ccc(-c2nc(C(=N)N)c3[nH]c(=O)n(-c4ccccc4OC)c3n2)cc1. The van der Waals surface area contributed by atoms with E-state index in [1.54, 1.807) is 18.2 Å². The predicted molar refractivity (Wildman–Crippen MR) is 114 cm³/mol. The number of hydrogen-bond donors (Lipinski definition) is 3. The zero-order valence-corrected chi connectivity index (χ0v) is 16.5. The zero-order chi connectivity index (χ0) is 21.3. The Labute approximate surface area is 171 Å². The Balaban J connectivity index is 1.98. The molecule has 4 rings (SSSR count). The first kappa shape index (κ1) is 19.2. The number of H-pyrrole nitrogens is 1. The van der Waals surface area contributed by atoms with Gasteiger partial charge in [0, 0.05) is 5.56 Å². The van der Waals surface area contributed by atoms with Crippen LogP contribution in [-0.2, 0) is 0 Å². The number of fused-ring (bicyclic) bond motifs is 1. The van der Waals surface area contributed by atoms with Crippen LogP contribution in [-0.4, -0.2) is 39.1 Å². The van der Waals surface area contributed by atoms with Crippen LogP contribution in [0.4, 0.5) is 0 Å². The van der Waals surface area contributed by atoms with E-state index >= 15 is 0 Å². The van der Waals surface area contributed by atoms with Crippen molar-refractivity contribution in [2.75, 3.05) is 13.7 Å². The molecule has 0 radical (unpaired) electrons. The summed E-state index contributed by atoms with van der Waals surface area (Å²) in [5, 5.41) is 7.94. The number of hydrogen-bond acceptors (Lipinski definition) is 6. The Morgan fingerprint density at radius 2 is 1.90 bits per heavy atom. The standard InChI is InChI=1S/C21H20N6O3/c1-3-30-13-10-8-12(9-11-13)19-24-16(18(22)23)17-20(26-19)27(21(28)25-17)14-6-4-5-7-15(14)29-2/h4-11H,3H2,1-2H3,(H3,22,23)(H,25,28). The first-order valence-corrected chi connectivity index (χ1v) is 9.27. The minimum atomic E-state index is -0.435. The highest BCUT2D eigenvalue weighted by Gasteiger charge is 2.20. The Kier molecular flexibility index (Phi) is 4.93. The molecule has 0 unspecified atom stereocenters. The maximum atomic E-state index is 12.8. The fourth-order valence-corrected chi connectivity index (χ4v) is 3.21. The molecule has 0 saturated heterocycles. The summed E-state index contributed by atoms with van der Waals surface area (Å²) in [6, 6.07) is 14.4. The number of amidine groups is 1. The summed E-state index contributed by atoms with van der Waals surface area (Å²) in [6.07, 6.45) is 0. The largest absolute Gasteiger partial charge is 0.495 e. The molecule has 0 bridgehead atoms. The molecule has 0 aliphatic carbocycles. The third-order valence-corrected chi connectivity index (χ3v) is 4.54. The molecule has 0 spiro atoms. The van der Waals surface area contributed by atoms with Gasteiger partial charge in [-0.3, -0.25) is 5.41 Å². The summed E-state index contributed by atoms with van der Waals surface area (Å²) in [7, 11) is 1.53. The summed E-state index contributed by atoms with van der Waals surface area (Å²) in [5.74, 6) is 1.29. The van der Waals surface area contributed by atoms with Crippen LogP contribution in [0, 0.1) is 5.41 Å². The second-order valence-corrected chi connectivity index (χ2v) is 6.40. The van der Waals surface area contributed by atoms with Crippen LogP contribution in [0.25, 0.3) is 28.2 Å². The van der Waals surface area contributed by atoms with Gasteiger partial charge >= 0.3 is 5.69 Å². The second-order valence-electron chi connectivity index (χ2n) is 6.40. The molecule has 30 heavy (non-hydrogen) atoms. The summed E-state index contributed by atoms with van der Waals surface area (Å²) < 4.78 is 12.3. The Morgan fingerprint density at radius 1 is 1.17 bits per heavy atom. The van der Waals surface area contributed by atoms with Crippen LogP contribution >= 0.6 is 0 Å². The molecule has 2 aromatic carbocycles. The van der Waals surface area contributed by atoms with Gasteiger partial charge < -0.3 is 20.2 Å². The van der Waals surface area contributed by atoms with Crippen molar-refractivity contribution in [3.05, 3.63) is 64.7 Å².